The minimum atomic E-state index is -1.05. The van der Waals surface area contributed by atoms with Crippen molar-refractivity contribution >= 4 is 29.7 Å². The summed E-state index contributed by atoms with van der Waals surface area (Å²) < 4.78 is 10.1. The van der Waals surface area contributed by atoms with Crippen LogP contribution in [-0.2, 0) is 23.9 Å². The molecule has 0 fully saturated rings. The zero-order chi connectivity index (χ0) is 19.2. The molecular weight excluding hydrogens is 346 g/mol. The number of ether oxygens (including phenoxy) is 2. The highest BCUT2D eigenvalue weighted by atomic mass is 32.2. The Labute approximate surface area is 154 Å². The van der Waals surface area contributed by atoms with Crippen LogP contribution in [0.4, 0.5) is 0 Å². The minimum absolute atomic E-state index is 0.209. The molecule has 0 aliphatic carbocycles. The lowest BCUT2D eigenvalue weighted by atomic mass is 10.1. The van der Waals surface area contributed by atoms with E-state index in [9.17, 15) is 14.4 Å². The molecule has 0 aromatic rings. The van der Waals surface area contributed by atoms with E-state index in [1.165, 1.54) is 18.7 Å². The fraction of sp³-hybridized carbons (Fsp3) is 0.824. The number of carboxylic acid groups (broad SMARTS) is 1. The largest absolute Gasteiger partial charge is 0.480 e. The number of carboxylic acids is 1. The molecule has 0 spiro atoms. The van der Waals surface area contributed by atoms with Crippen molar-refractivity contribution in [1.29, 1.82) is 0 Å². The van der Waals surface area contributed by atoms with Crippen LogP contribution >= 0.6 is 11.8 Å². The average Bonchev–Trinajstić information content (AvgIpc) is 2.56. The highest BCUT2D eigenvalue weighted by Crippen LogP contribution is 2.21. The molecule has 0 aromatic carbocycles. The van der Waals surface area contributed by atoms with Crippen molar-refractivity contribution in [2.75, 3.05) is 19.0 Å². The van der Waals surface area contributed by atoms with E-state index in [0.717, 1.165) is 19.3 Å². The summed E-state index contributed by atoms with van der Waals surface area (Å²) in [5, 5.41) is 11.4. The smallest absolute Gasteiger partial charge is 0.324 e. The number of hydrogen-bond donors (Lipinski definition) is 2. The van der Waals surface area contributed by atoms with Gasteiger partial charge in [0.05, 0.1) is 13.2 Å². The molecule has 0 saturated heterocycles. The van der Waals surface area contributed by atoms with Gasteiger partial charge in [-0.05, 0) is 27.2 Å². The Bertz CT molecular complexity index is 418. The van der Waals surface area contributed by atoms with E-state index >= 15 is 0 Å². The number of carbonyl (C=O) groups excluding carboxylic acids is 2. The van der Waals surface area contributed by atoms with Crippen molar-refractivity contribution in [3.05, 3.63) is 0 Å². The van der Waals surface area contributed by atoms with E-state index in [2.05, 4.69) is 12.2 Å². The van der Waals surface area contributed by atoms with Gasteiger partial charge in [-0.25, -0.2) is 0 Å². The molecular formula is C17H31NO6S. The first kappa shape index (κ1) is 23.7. The summed E-state index contributed by atoms with van der Waals surface area (Å²) in [7, 11) is 0. The zero-order valence-electron chi connectivity index (χ0n) is 15.6. The molecule has 0 aliphatic heterocycles. The Morgan fingerprint density at radius 3 is 2.16 bits per heavy atom. The second-order valence-corrected chi connectivity index (χ2v) is 6.84. The van der Waals surface area contributed by atoms with E-state index in [-0.39, 0.29) is 23.6 Å². The Morgan fingerprint density at radius 2 is 1.64 bits per heavy atom. The Morgan fingerprint density at radius 1 is 1.04 bits per heavy atom. The molecule has 8 heteroatoms. The molecule has 0 heterocycles. The number of carbonyl (C=O) groups is 3. The Hall–Kier alpha value is -1.28. The van der Waals surface area contributed by atoms with Crippen LogP contribution in [-0.4, -0.2) is 59.3 Å². The predicted molar refractivity (Wildman–Crippen MR) is 97.7 cm³/mol. The number of aliphatic carboxylic acids is 1. The third kappa shape index (κ3) is 10.3. The topological polar surface area (TPSA) is 102 Å². The predicted octanol–water partition coefficient (Wildman–Crippen LogP) is 2.23. The van der Waals surface area contributed by atoms with Gasteiger partial charge in [0, 0.05) is 5.75 Å². The monoisotopic (exact) mass is 377 g/mol. The summed E-state index contributed by atoms with van der Waals surface area (Å²) in [6, 6.07) is -1.68. The zero-order valence-corrected chi connectivity index (χ0v) is 16.4. The normalized spacial score (nSPS) is 14.4. The third-order valence-electron chi connectivity index (χ3n) is 3.48. The minimum Gasteiger partial charge on any atom is -0.480 e. The molecule has 7 nitrogen and oxygen atoms in total. The number of thioether (sulfide) groups is 1. The first-order chi connectivity index (χ1) is 11.9. The molecule has 0 amide bonds. The number of rotatable bonds is 14. The van der Waals surface area contributed by atoms with Gasteiger partial charge >= 0.3 is 17.9 Å². The van der Waals surface area contributed by atoms with Crippen molar-refractivity contribution < 1.29 is 29.0 Å². The number of nitrogens with one attached hydrogen (secondary N) is 1. The SMILES string of the molecule is CCCCC[C@@H](SCC(N[C@@H](C)C(=O)O)C(=O)OCC)C(=O)OCC. The molecule has 0 saturated carbocycles. The van der Waals surface area contributed by atoms with Crippen LogP contribution in [0.5, 0.6) is 0 Å². The molecule has 146 valence electrons. The summed E-state index contributed by atoms with van der Waals surface area (Å²) in [6.07, 6.45) is 3.63. The standard InChI is InChI=1S/C17H31NO6S/c1-5-8-9-10-14(17(22)24-7-3)25-11-13(16(21)23-6-2)18-12(4)15(19)20/h12-14,18H,5-11H2,1-4H3,(H,19,20)/t12-,13?,14+/m0/s1. The molecule has 0 radical (unpaired) electrons. The van der Waals surface area contributed by atoms with Crippen molar-refractivity contribution in [1.82, 2.24) is 5.32 Å². The average molecular weight is 378 g/mol. The lowest BCUT2D eigenvalue weighted by Gasteiger charge is -2.22. The summed E-state index contributed by atoms with van der Waals surface area (Å²) in [6.45, 7) is 7.50. The van der Waals surface area contributed by atoms with Gasteiger partial charge in [0.2, 0.25) is 0 Å². The van der Waals surface area contributed by atoms with Gasteiger partial charge < -0.3 is 14.6 Å². The van der Waals surface area contributed by atoms with E-state index in [1.807, 2.05) is 0 Å². The van der Waals surface area contributed by atoms with Crippen LogP contribution in [0.25, 0.3) is 0 Å². The van der Waals surface area contributed by atoms with E-state index in [0.29, 0.717) is 13.0 Å². The van der Waals surface area contributed by atoms with Crippen LogP contribution in [0.1, 0.15) is 53.4 Å². The van der Waals surface area contributed by atoms with E-state index < -0.39 is 24.0 Å². The number of esters is 2. The number of hydrogen-bond acceptors (Lipinski definition) is 7. The molecule has 25 heavy (non-hydrogen) atoms. The van der Waals surface area contributed by atoms with Gasteiger partial charge in [0.1, 0.15) is 17.3 Å². The van der Waals surface area contributed by atoms with Gasteiger partial charge in [0.15, 0.2) is 0 Å². The van der Waals surface area contributed by atoms with Crippen molar-refractivity contribution in [3.63, 3.8) is 0 Å². The van der Waals surface area contributed by atoms with Crippen LogP contribution in [0, 0.1) is 0 Å². The third-order valence-corrected chi connectivity index (χ3v) is 4.83. The summed E-state index contributed by atoms with van der Waals surface area (Å²) >= 11 is 1.31. The number of unbranched alkanes of at least 4 members (excludes halogenated alkanes) is 2. The first-order valence-electron chi connectivity index (χ1n) is 8.80. The second kappa shape index (κ2) is 13.9. The lowest BCUT2D eigenvalue weighted by Crippen LogP contribution is -2.48. The summed E-state index contributed by atoms with van der Waals surface area (Å²) in [5.74, 6) is -1.62. The van der Waals surface area contributed by atoms with Gasteiger partial charge in [0.25, 0.3) is 0 Å². The van der Waals surface area contributed by atoms with Crippen molar-refractivity contribution in [3.8, 4) is 0 Å². The van der Waals surface area contributed by atoms with E-state index in [1.54, 1.807) is 13.8 Å². The molecule has 0 aliphatic rings. The van der Waals surface area contributed by atoms with Crippen LogP contribution in [0.2, 0.25) is 0 Å². The first-order valence-corrected chi connectivity index (χ1v) is 9.85. The fourth-order valence-electron chi connectivity index (χ4n) is 2.10. The maximum absolute atomic E-state index is 12.1. The Balaban J connectivity index is 4.85. The van der Waals surface area contributed by atoms with Gasteiger partial charge in [-0.15, -0.1) is 11.8 Å². The second-order valence-electron chi connectivity index (χ2n) is 5.60. The van der Waals surface area contributed by atoms with Crippen molar-refractivity contribution in [2.24, 2.45) is 0 Å². The van der Waals surface area contributed by atoms with Crippen molar-refractivity contribution in [2.45, 2.75) is 70.7 Å². The highest BCUT2D eigenvalue weighted by molar-refractivity contribution is 8.00. The van der Waals surface area contributed by atoms with Crippen LogP contribution in [0.15, 0.2) is 0 Å². The molecule has 1 unspecified atom stereocenters. The van der Waals surface area contributed by atoms with Gasteiger partial charge in [-0.1, -0.05) is 26.2 Å². The van der Waals surface area contributed by atoms with Crippen LogP contribution in [0.3, 0.4) is 0 Å². The summed E-state index contributed by atoms with van der Waals surface area (Å²) in [5.41, 5.74) is 0. The van der Waals surface area contributed by atoms with Gasteiger partial charge in [-0.2, -0.15) is 0 Å². The van der Waals surface area contributed by atoms with Crippen LogP contribution < -0.4 is 5.32 Å². The molecule has 0 bridgehead atoms. The quantitative estimate of drug-likeness (QED) is 0.351. The molecule has 0 aromatic heterocycles. The highest BCUT2D eigenvalue weighted by Gasteiger charge is 2.28. The molecule has 2 N–H and O–H groups in total. The fourth-order valence-corrected chi connectivity index (χ4v) is 3.29. The Kier molecular flexibility index (Phi) is 13.2. The maximum Gasteiger partial charge on any atom is 0.324 e. The maximum atomic E-state index is 12.1. The summed E-state index contributed by atoms with van der Waals surface area (Å²) in [4.78, 5) is 35.2. The van der Waals surface area contributed by atoms with Gasteiger partial charge in [-0.3, -0.25) is 19.7 Å². The lowest BCUT2D eigenvalue weighted by molar-refractivity contribution is -0.146. The van der Waals surface area contributed by atoms with E-state index in [4.69, 9.17) is 14.6 Å². The molecule has 3 atom stereocenters. The molecule has 0 rings (SSSR count).